The normalized spacial score (nSPS) is 12.4. The van der Waals surface area contributed by atoms with Crippen LogP contribution in [0.4, 0.5) is 68.2 Å². The summed E-state index contributed by atoms with van der Waals surface area (Å²) in [5, 5.41) is 7.17. The van der Waals surface area contributed by atoms with Crippen molar-refractivity contribution < 1.29 is 0 Å². The van der Waals surface area contributed by atoms with E-state index in [1.807, 2.05) is 0 Å². The van der Waals surface area contributed by atoms with E-state index >= 15 is 0 Å². The second-order valence-corrected chi connectivity index (χ2v) is 25.6. The van der Waals surface area contributed by atoms with Crippen LogP contribution in [0.25, 0.3) is 82.5 Å². The van der Waals surface area contributed by atoms with E-state index < -0.39 is 0 Å². The van der Waals surface area contributed by atoms with Gasteiger partial charge in [0.05, 0.1) is 38.8 Å². The molecule has 0 aliphatic carbocycles. The molecule has 18 aromatic rings. The molecule has 15 aromatic carbocycles. The number of hydrogen-bond donors (Lipinski definition) is 0. The first-order chi connectivity index (χ1) is 48.7. The molecule has 0 amide bonds. The van der Waals surface area contributed by atoms with Gasteiger partial charge in [-0.1, -0.05) is 194 Å². The van der Waals surface area contributed by atoms with Gasteiger partial charge in [0.15, 0.2) is 0 Å². The number of anilines is 12. The maximum Gasteiger partial charge on any atom is 0.252 e. The summed E-state index contributed by atoms with van der Waals surface area (Å²) in [6.07, 6.45) is 0. The Morgan fingerprint density at radius 2 is 0.480 bits per heavy atom. The van der Waals surface area contributed by atoms with E-state index in [0.29, 0.717) is 0 Å². The lowest BCUT2D eigenvalue weighted by Crippen LogP contribution is -2.61. The van der Waals surface area contributed by atoms with Crippen LogP contribution < -0.4 is 36.0 Å². The molecule has 0 saturated carbocycles. The largest absolute Gasteiger partial charge is 0.311 e. The maximum atomic E-state index is 2.56. The zero-order valence-corrected chi connectivity index (χ0v) is 53.3. The van der Waals surface area contributed by atoms with Crippen molar-refractivity contribution in [1.82, 2.24) is 13.7 Å². The van der Waals surface area contributed by atoms with Crippen molar-refractivity contribution in [3.8, 4) is 17.1 Å². The van der Waals surface area contributed by atoms with Gasteiger partial charge in [-0.05, 0) is 186 Å². The lowest BCUT2D eigenvalue weighted by molar-refractivity contribution is 1.15. The maximum absolute atomic E-state index is 2.56. The van der Waals surface area contributed by atoms with Crippen LogP contribution in [0, 0.1) is 0 Å². The highest BCUT2D eigenvalue weighted by atomic mass is 15.2. The van der Waals surface area contributed by atoms with Gasteiger partial charge in [-0.15, -0.1) is 0 Å². The minimum Gasteiger partial charge on any atom is -0.311 e. The summed E-state index contributed by atoms with van der Waals surface area (Å²) < 4.78 is 7.46. The number of aromatic nitrogens is 3. The summed E-state index contributed by atoms with van der Waals surface area (Å²) in [7, 11) is 0. The highest BCUT2D eigenvalue weighted by molar-refractivity contribution is 7.00. The van der Waals surface area contributed by atoms with Crippen LogP contribution in [-0.2, 0) is 0 Å². The van der Waals surface area contributed by atoms with Crippen LogP contribution in [0.2, 0.25) is 0 Å². The van der Waals surface area contributed by atoms with Gasteiger partial charge < -0.3 is 33.3 Å². The van der Waals surface area contributed by atoms with Crippen molar-refractivity contribution in [2.75, 3.05) is 19.6 Å². The van der Waals surface area contributed by atoms with E-state index in [2.05, 4.69) is 397 Å². The third kappa shape index (κ3) is 8.57. The van der Waals surface area contributed by atoms with Crippen molar-refractivity contribution in [3.05, 3.63) is 364 Å². The van der Waals surface area contributed by atoms with Crippen LogP contribution in [0.3, 0.4) is 0 Å². The second-order valence-electron chi connectivity index (χ2n) is 25.6. The number of nitrogens with zero attached hydrogens (tertiary/aromatic N) is 7. The van der Waals surface area contributed by atoms with E-state index in [1.165, 1.54) is 60.0 Å². The predicted molar refractivity (Wildman–Crippen MR) is 413 cm³/mol. The summed E-state index contributed by atoms with van der Waals surface area (Å²) in [6, 6.07) is 134. The van der Waals surface area contributed by atoms with E-state index in [0.717, 1.165) is 107 Å². The summed E-state index contributed by atoms with van der Waals surface area (Å²) in [5.41, 5.74) is 26.9. The van der Waals surface area contributed by atoms with Gasteiger partial charge in [-0.2, -0.15) is 0 Å². The molecule has 0 fully saturated rings. The zero-order chi connectivity index (χ0) is 64.4. The van der Waals surface area contributed by atoms with Crippen molar-refractivity contribution >= 4 is 157 Å². The highest BCUT2D eigenvalue weighted by Crippen LogP contribution is 2.50. The molecule has 0 spiro atoms. The number of rotatable bonds is 11. The molecule has 458 valence electrons. The Bertz CT molecular complexity index is 5590. The van der Waals surface area contributed by atoms with Gasteiger partial charge in [0.25, 0.3) is 6.71 Å². The molecule has 0 radical (unpaired) electrons. The summed E-state index contributed by atoms with van der Waals surface area (Å²) in [6.45, 7) is -0.175. The average Bonchev–Trinajstić information content (AvgIpc) is 0.784. The molecule has 98 heavy (non-hydrogen) atoms. The molecule has 2 aliphatic rings. The van der Waals surface area contributed by atoms with Gasteiger partial charge in [0.1, 0.15) is 0 Å². The van der Waals surface area contributed by atoms with Crippen LogP contribution in [0.1, 0.15) is 0 Å². The average molecular weight is 1250 g/mol. The molecule has 20 rings (SSSR count). The highest BCUT2D eigenvalue weighted by Gasteiger charge is 2.44. The summed E-state index contributed by atoms with van der Waals surface area (Å²) >= 11 is 0. The fourth-order valence-corrected chi connectivity index (χ4v) is 16.2. The third-order valence-corrected chi connectivity index (χ3v) is 20.3. The lowest BCUT2D eigenvalue weighted by Gasteiger charge is -2.44. The monoisotopic (exact) mass is 1250 g/mol. The van der Waals surface area contributed by atoms with E-state index in [1.54, 1.807) is 0 Å². The summed E-state index contributed by atoms with van der Waals surface area (Å²) in [5.74, 6) is 0. The number of fused-ring (bicyclic) bond motifs is 13. The smallest absolute Gasteiger partial charge is 0.252 e. The lowest BCUT2D eigenvalue weighted by atomic mass is 9.33. The standard InChI is InChI=1S/C90H60BN7/c1-7-27-61(28-8-1)92(62-29-9-2-10-30-62)67-49-53-84-76(55-67)77-56-68(93(63-31-11-3-12-32-63)64-33-13-4-14-34-64)50-54-85(77)98(84)71-59-88-90-89(60-71)95(66-37-17-6-18-38-66)87-58-70(97-82-45-25-21-41-74(82)75-42-22-26-46-83(75)97)48-52-79(87)91(90)78-51-47-69(57-86(78)94(88)65-35-15-5-16-36-65)96-80-43-23-19-39-72(80)73-40-20-24-44-81(73)96/h1-60H. The van der Waals surface area contributed by atoms with E-state index in [9.17, 15) is 0 Å². The topological polar surface area (TPSA) is 27.8 Å². The minimum absolute atomic E-state index is 0.175. The van der Waals surface area contributed by atoms with Crippen LogP contribution in [-0.4, -0.2) is 20.4 Å². The Balaban J connectivity index is 0.897. The number of hydrogen-bond acceptors (Lipinski definition) is 4. The second kappa shape index (κ2) is 22.3. The van der Waals surface area contributed by atoms with Gasteiger partial charge in [-0.3, -0.25) is 0 Å². The first-order valence-electron chi connectivity index (χ1n) is 33.7. The van der Waals surface area contributed by atoms with Crippen molar-refractivity contribution in [2.24, 2.45) is 0 Å². The van der Waals surface area contributed by atoms with Crippen LogP contribution in [0.5, 0.6) is 0 Å². The van der Waals surface area contributed by atoms with E-state index in [4.69, 9.17) is 0 Å². The predicted octanol–water partition coefficient (Wildman–Crippen LogP) is 22.0. The molecule has 5 heterocycles. The van der Waals surface area contributed by atoms with Crippen molar-refractivity contribution in [3.63, 3.8) is 0 Å². The molecule has 7 nitrogen and oxygen atoms in total. The molecule has 0 atom stereocenters. The Kier molecular flexibility index (Phi) is 12.6. The number of para-hydroxylation sites is 10. The van der Waals surface area contributed by atoms with Crippen LogP contribution >= 0.6 is 0 Å². The van der Waals surface area contributed by atoms with Crippen molar-refractivity contribution in [1.29, 1.82) is 0 Å². The van der Waals surface area contributed by atoms with Gasteiger partial charge in [0, 0.05) is 112 Å². The molecule has 3 aromatic heterocycles. The zero-order valence-electron chi connectivity index (χ0n) is 53.3. The first kappa shape index (κ1) is 55.4. The molecule has 0 saturated heterocycles. The first-order valence-corrected chi connectivity index (χ1v) is 33.7. The van der Waals surface area contributed by atoms with Gasteiger partial charge in [-0.25, -0.2) is 0 Å². The van der Waals surface area contributed by atoms with Crippen LogP contribution in [0.15, 0.2) is 364 Å². The summed E-state index contributed by atoms with van der Waals surface area (Å²) in [4.78, 5) is 9.87. The fraction of sp³-hybridized carbons (Fsp3) is 0. The Morgan fingerprint density at radius 3 is 0.827 bits per heavy atom. The molecule has 8 heteroatoms. The van der Waals surface area contributed by atoms with Gasteiger partial charge in [0.2, 0.25) is 0 Å². The third-order valence-electron chi connectivity index (χ3n) is 20.3. The Labute approximate surface area is 567 Å². The molecule has 0 bridgehead atoms. The van der Waals surface area contributed by atoms with Gasteiger partial charge >= 0.3 is 0 Å². The number of benzene rings is 15. The quantitative estimate of drug-likeness (QED) is 0.121. The Morgan fingerprint density at radius 1 is 0.194 bits per heavy atom. The van der Waals surface area contributed by atoms with E-state index in [-0.39, 0.29) is 6.71 Å². The molecular weight excluding hydrogens is 1190 g/mol. The molecule has 2 aliphatic heterocycles. The Hall–Kier alpha value is -13.0. The minimum atomic E-state index is -0.175. The fourth-order valence-electron chi connectivity index (χ4n) is 16.2. The van der Waals surface area contributed by atoms with Crippen molar-refractivity contribution in [2.45, 2.75) is 0 Å². The molecule has 0 N–H and O–H groups in total. The molecular formula is C90H60BN7. The molecule has 0 unspecified atom stereocenters. The SMILES string of the molecule is c1ccc(N(c2ccccc2)c2ccc3c(c2)c2cc(N(c4ccccc4)c4ccccc4)ccc2n3-c2cc3c4c(c2)N(c2ccccc2)c2cc(-n5c6ccccc6c6ccccc65)ccc2B4c2ccc(-n4c5ccccc5c5ccccc54)cc2N3c2ccccc2)cc1.